The zero-order valence-electron chi connectivity index (χ0n) is 17.5. The number of halogens is 1. The van der Waals surface area contributed by atoms with Crippen molar-refractivity contribution in [1.82, 2.24) is 19.7 Å². The van der Waals surface area contributed by atoms with Crippen molar-refractivity contribution < 1.29 is 13.9 Å². The molecule has 1 amide bonds. The number of fused-ring (bicyclic) bond motifs is 2. The van der Waals surface area contributed by atoms with Gasteiger partial charge in [-0.25, -0.2) is 9.37 Å². The normalized spacial score (nSPS) is 11.2. The lowest BCUT2D eigenvalue weighted by Crippen LogP contribution is -2.16. The number of hydrogen-bond acceptors (Lipinski definition) is 6. The Morgan fingerprint density at radius 1 is 1.03 bits per heavy atom. The maximum Gasteiger partial charge on any atom is 0.257 e. The first-order valence-electron chi connectivity index (χ1n) is 9.81. The number of nitrogens with zero attached hydrogens (tertiary/aromatic N) is 4. The lowest BCUT2D eigenvalue weighted by molar-refractivity contribution is 0.102. The number of benzene rings is 2. The lowest BCUT2D eigenvalue weighted by atomic mass is 10.1. The molecule has 0 aliphatic heterocycles. The van der Waals surface area contributed by atoms with E-state index in [1.165, 1.54) is 23.5 Å². The van der Waals surface area contributed by atoms with Gasteiger partial charge < -0.3 is 10.1 Å². The van der Waals surface area contributed by atoms with Crippen molar-refractivity contribution >= 4 is 44.2 Å². The number of nitrogens with one attached hydrogen (secondary N) is 1. The largest absolute Gasteiger partial charge is 0.497 e. The Balaban J connectivity index is 1.55. The molecule has 0 unspecified atom stereocenters. The number of aromatic nitrogens is 4. The number of ether oxygens (including phenoxy) is 1. The van der Waals surface area contributed by atoms with Crippen LogP contribution in [0.5, 0.6) is 5.75 Å². The fraction of sp³-hybridized carbons (Fsp3) is 0.130. The van der Waals surface area contributed by atoms with Gasteiger partial charge in [0.25, 0.3) is 5.91 Å². The maximum absolute atomic E-state index is 13.9. The van der Waals surface area contributed by atoms with Crippen LogP contribution in [0.15, 0.2) is 48.5 Å². The fourth-order valence-electron chi connectivity index (χ4n) is 3.55. The minimum atomic E-state index is -0.428. The van der Waals surface area contributed by atoms with Crippen LogP contribution in [-0.2, 0) is 0 Å². The highest BCUT2D eigenvalue weighted by Crippen LogP contribution is 2.30. The van der Waals surface area contributed by atoms with Crippen LogP contribution in [-0.4, -0.2) is 32.8 Å². The molecule has 0 spiro atoms. The molecular weight excluding hydrogens is 429 g/mol. The second-order valence-corrected chi connectivity index (χ2v) is 8.35. The van der Waals surface area contributed by atoms with Crippen LogP contribution in [0.1, 0.15) is 21.7 Å². The van der Waals surface area contributed by atoms with Gasteiger partial charge in [0, 0.05) is 17.1 Å². The molecule has 5 aromatic rings. The van der Waals surface area contributed by atoms with Crippen LogP contribution in [0.2, 0.25) is 0 Å². The topological polar surface area (TPSA) is 81.9 Å². The first kappa shape index (κ1) is 20.1. The molecule has 9 heteroatoms. The third kappa shape index (κ3) is 3.56. The van der Waals surface area contributed by atoms with Crippen molar-refractivity contribution in [3.63, 3.8) is 0 Å². The molecular formula is C23H18FN5O2S. The van der Waals surface area contributed by atoms with Gasteiger partial charge in [0.2, 0.25) is 5.13 Å². The Kier molecular flexibility index (Phi) is 4.82. The quantitative estimate of drug-likeness (QED) is 0.417. The minimum Gasteiger partial charge on any atom is -0.497 e. The second kappa shape index (κ2) is 7.69. The van der Waals surface area contributed by atoms with Crippen molar-refractivity contribution in [2.75, 3.05) is 12.4 Å². The molecule has 160 valence electrons. The summed E-state index contributed by atoms with van der Waals surface area (Å²) in [4.78, 5) is 22.2. The van der Waals surface area contributed by atoms with Gasteiger partial charge in [0.15, 0.2) is 0 Å². The Morgan fingerprint density at radius 3 is 2.66 bits per heavy atom. The number of thiazole rings is 1. The summed E-state index contributed by atoms with van der Waals surface area (Å²) in [5.74, 6) is 0.403. The number of methoxy groups -OCH3 is 1. The van der Waals surface area contributed by atoms with Gasteiger partial charge in [-0.1, -0.05) is 11.3 Å². The molecule has 0 aliphatic carbocycles. The molecule has 0 saturated carbocycles. The van der Waals surface area contributed by atoms with E-state index in [1.54, 1.807) is 36.9 Å². The number of aryl methyl sites for hydroxylation is 2. The molecule has 3 aromatic heterocycles. The third-order valence-corrected chi connectivity index (χ3v) is 5.98. The molecule has 0 fully saturated rings. The SMILES string of the molecule is COc1ccc2nc(-n3nc(C)cc3NC(=O)c3cc(C)nc4ccc(F)cc34)sc2c1. The monoisotopic (exact) mass is 447 g/mol. The summed E-state index contributed by atoms with van der Waals surface area (Å²) < 4.78 is 21.7. The zero-order valence-corrected chi connectivity index (χ0v) is 18.3. The summed E-state index contributed by atoms with van der Waals surface area (Å²) in [6.07, 6.45) is 0. The van der Waals surface area contributed by atoms with Gasteiger partial charge in [0.05, 0.1) is 34.1 Å². The summed E-state index contributed by atoms with van der Waals surface area (Å²) in [5, 5.41) is 8.47. The number of pyridine rings is 1. The molecule has 0 radical (unpaired) electrons. The molecule has 1 N–H and O–H groups in total. The van der Waals surface area contributed by atoms with E-state index in [0.29, 0.717) is 33.1 Å². The van der Waals surface area contributed by atoms with Crippen LogP contribution in [0.4, 0.5) is 10.2 Å². The van der Waals surface area contributed by atoms with Crippen LogP contribution in [0.3, 0.4) is 0 Å². The average molecular weight is 447 g/mol. The molecule has 0 bridgehead atoms. The Labute approximate surface area is 186 Å². The molecule has 0 saturated heterocycles. The Bertz CT molecular complexity index is 1510. The molecule has 0 aliphatic rings. The standard InChI is InChI=1S/C23H18FN5O2S/c1-12-8-17(16-10-14(24)4-6-18(16)25-12)22(30)27-21-9-13(2)28-29(21)23-26-19-7-5-15(31-3)11-20(19)32-23/h4-11H,1-3H3,(H,27,30). The first-order valence-corrected chi connectivity index (χ1v) is 10.6. The zero-order chi connectivity index (χ0) is 22.4. The number of carbonyl (C=O) groups excluding carboxylic acids is 1. The fourth-order valence-corrected chi connectivity index (χ4v) is 4.51. The van der Waals surface area contributed by atoms with E-state index in [2.05, 4.69) is 20.4 Å². The highest BCUT2D eigenvalue weighted by Gasteiger charge is 2.18. The van der Waals surface area contributed by atoms with E-state index in [0.717, 1.165) is 21.7 Å². The minimum absolute atomic E-state index is 0.339. The average Bonchev–Trinajstić information content (AvgIpc) is 3.35. The van der Waals surface area contributed by atoms with Crippen LogP contribution in [0.25, 0.3) is 26.3 Å². The van der Waals surface area contributed by atoms with Crippen LogP contribution < -0.4 is 10.1 Å². The smallest absolute Gasteiger partial charge is 0.257 e. The van der Waals surface area contributed by atoms with E-state index in [-0.39, 0.29) is 5.91 Å². The van der Waals surface area contributed by atoms with E-state index in [4.69, 9.17) is 4.74 Å². The summed E-state index contributed by atoms with van der Waals surface area (Å²) >= 11 is 1.44. The van der Waals surface area contributed by atoms with E-state index >= 15 is 0 Å². The number of hydrogen-bond donors (Lipinski definition) is 1. The number of rotatable bonds is 4. The van der Waals surface area contributed by atoms with Gasteiger partial charge in [-0.05, 0) is 56.3 Å². The first-order chi connectivity index (χ1) is 15.4. The van der Waals surface area contributed by atoms with Gasteiger partial charge in [0.1, 0.15) is 17.4 Å². The van der Waals surface area contributed by atoms with Crippen molar-refractivity contribution in [3.8, 4) is 10.9 Å². The third-order valence-electron chi connectivity index (χ3n) is 4.98. The molecule has 0 atom stereocenters. The summed E-state index contributed by atoms with van der Waals surface area (Å²) in [6, 6.07) is 13.3. The number of carbonyl (C=O) groups is 1. The predicted octanol–water partition coefficient (Wildman–Crippen LogP) is 5.05. The Morgan fingerprint density at radius 2 is 1.84 bits per heavy atom. The molecule has 3 heterocycles. The van der Waals surface area contributed by atoms with Gasteiger partial charge in [-0.2, -0.15) is 9.78 Å². The van der Waals surface area contributed by atoms with Gasteiger partial charge in [-0.15, -0.1) is 0 Å². The summed E-state index contributed by atoms with van der Waals surface area (Å²) in [6.45, 7) is 3.63. The second-order valence-electron chi connectivity index (χ2n) is 7.34. The van der Waals surface area contributed by atoms with Crippen LogP contribution >= 0.6 is 11.3 Å². The van der Waals surface area contributed by atoms with Crippen molar-refractivity contribution in [2.45, 2.75) is 13.8 Å². The molecule has 2 aromatic carbocycles. The van der Waals surface area contributed by atoms with Crippen molar-refractivity contribution in [2.24, 2.45) is 0 Å². The molecule has 5 rings (SSSR count). The molecule has 32 heavy (non-hydrogen) atoms. The van der Waals surface area contributed by atoms with Gasteiger partial charge >= 0.3 is 0 Å². The predicted molar refractivity (Wildman–Crippen MR) is 122 cm³/mol. The summed E-state index contributed by atoms with van der Waals surface area (Å²) in [7, 11) is 1.62. The van der Waals surface area contributed by atoms with E-state index in [9.17, 15) is 9.18 Å². The number of amides is 1. The van der Waals surface area contributed by atoms with Crippen LogP contribution in [0, 0.1) is 19.7 Å². The van der Waals surface area contributed by atoms with Gasteiger partial charge in [-0.3, -0.25) is 9.78 Å². The van der Waals surface area contributed by atoms with Crippen molar-refractivity contribution in [1.29, 1.82) is 0 Å². The highest BCUT2D eigenvalue weighted by molar-refractivity contribution is 7.20. The summed E-state index contributed by atoms with van der Waals surface area (Å²) in [5.41, 5.74) is 3.09. The van der Waals surface area contributed by atoms with E-state index in [1.807, 2.05) is 25.1 Å². The molecule has 7 nitrogen and oxygen atoms in total. The van der Waals surface area contributed by atoms with Crippen molar-refractivity contribution in [3.05, 3.63) is 71.3 Å². The van der Waals surface area contributed by atoms with E-state index < -0.39 is 5.82 Å². The highest BCUT2D eigenvalue weighted by atomic mass is 32.1. The number of anilines is 1. The Hall–Kier alpha value is -3.85. The lowest BCUT2D eigenvalue weighted by Gasteiger charge is -2.10. The maximum atomic E-state index is 13.9.